The molecule has 3 aromatic carbocycles. The lowest BCUT2D eigenvalue weighted by molar-refractivity contribution is -0.141. The molecule has 0 saturated heterocycles. The average molecular weight is 962 g/mol. The molecule has 0 saturated carbocycles. The molecule has 0 radical (unpaired) electrons. The second kappa shape index (κ2) is 26.6. The van der Waals surface area contributed by atoms with Gasteiger partial charge in [0.1, 0.15) is 48.0 Å². The van der Waals surface area contributed by atoms with Gasteiger partial charge in [-0.25, -0.2) is 9.97 Å². The van der Waals surface area contributed by atoms with Crippen LogP contribution in [0.3, 0.4) is 0 Å². The van der Waals surface area contributed by atoms with Crippen molar-refractivity contribution in [1.29, 1.82) is 5.26 Å². The van der Waals surface area contributed by atoms with E-state index in [9.17, 15) is 29.2 Å². The minimum absolute atomic E-state index is 0.00330. The topological polar surface area (TPSA) is 292 Å². The molecule has 374 valence electrons. The van der Waals surface area contributed by atoms with Crippen LogP contribution in [0.1, 0.15) is 91.3 Å². The monoisotopic (exact) mass is 962 g/mol. The van der Waals surface area contributed by atoms with E-state index >= 15 is 0 Å². The molecule has 5 rings (SSSR count). The van der Waals surface area contributed by atoms with Crippen LogP contribution in [-0.2, 0) is 25.6 Å². The molecule has 5 amide bonds. The number of fused-ring (bicyclic) bond motifs is 5. The first kappa shape index (κ1) is 53.8. The van der Waals surface area contributed by atoms with E-state index in [1.807, 2.05) is 30.3 Å². The maximum atomic E-state index is 14.8. The van der Waals surface area contributed by atoms with Gasteiger partial charge in [0.15, 0.2) is 5.82 Å². The van der Waals surface area contributed by atoms with Gasteiger partial charge in [0.05, 0.1) is 42.8 Å². The van der Waals surface area contributed by atoms with Crippen LogP contribution in [0.5, 0.6) is 17.2 Å². The molecule has 0 fully saturated rings. The summed E-state index contributed by atoms with van der Waals surface area (Å²) in [5, 5.41) is 20.0. The molecule has 0 spiro atoms. The lowest BCUT2D eigenvalue weighted by Crippen LogP contribution is -2.56. The summed E-state index contributed by atoms with van der Waals surface area (Å²) < 4.78 is 18.4. The van der Waals surface area contributed by atoms with E-state index in [2.05, 4.69) is 38.2 Å². The Hall–Kier alpha value is -7.14. The van der Waals surface area contributed by atoms with Crippen molar-refractivity contribution < 1.29 is 38.2 Å². The van der Waals surface area contributed by atoms with Crippen molar-refractivity contribution in [3.63, 3.8) is 0 Å². The molecule has 2 heterocycles. The van der Waals surface area contributed by atoms with Crippen molar-refractivity contribution in [2.75, 3.05) is 53.0 Å². The van der Waals surface area contributed by atoms with Crippen molar-refractivity contribution in [1.82, 2.24) is 36.1 Å². The van der Waals surface area contributed by atoms with E-state index in [4.69, 9.17) is 31.4 Å². The third kappa shape index (κ3) is 14.2. The highest BCUT2D eigenvalue weighted by Gasteiger charge is 2.36. The Kier molecular flexibility index (Phi) is 20.4. The van der Waals surface area contributed by atoms with E-state index in [-0.39, 0.29) is 44.7 Å². The van der Waals surface area contributed by atoms with Crippen LogP contribution in [0.4, 0.5) is 0 Å². The van der Waals surface area contributed by atoms with Crippen LogP contribution in [-0.4, -0.2) is 116 Å². The van der Waals surface area contributed by atoms with Gasteiger partial charge in [0.25, 0.3) is 5.91 Å². The second-order valence-electron chi connectivity index (χ2n) is 17.1. The molecular weight excluding hydrogens is 895 g/mol. The number of amides is 5. The van der Waals surface area contributed by atoms with Gasteiger partial charge >= 0.3 is 0 Å². The summed E-state index contributed by atoms with van der Waals surface area (Å²) in [6, 6.07) is 14.6. The molecule has 1 aliphatic heterocycles. The van der Waals surface area contributed by atoms with E-state index in [0.29, 0.717) is 83.5 Å². The first-order chi connectivity index (χ1) is 33.7. The number of likely N-dealkylation sites (N-methyl/N-ethyl adjacent to an activating group) is 1. The second-order valence-corrected chi connectivity index (χ2v) is 17.1. The number of nitrogens with zero attached hydrogens (tertiary/aromatic N) is 4. The van der Waals surface area contributed by atoms with Crippen LogP contribution in [0, 0.1) is 25.2 Å². The highest BCUT2D eigenvalue weighted by Crippen LogP contribution is 2.40. The maximum Gasteiger partial charge on any atom is 0.255 e. The lowest BCUT2D eigenvalue weighted by Gasteiger charge is -2.32. The van der Waals surface area contributed by atoms with Gasteiger partial charge in [-0.1, -0.05) is 31.9 Å². The standard InChI is InChI=1S/C51H67N11O8/c1-6-7-8-25-68-37-15-12-35(13-16-37)46-57-31(2)44(32(3)58-46)49(65)60-40(19-22-54)51(67)62(5)45-36-14-18-43(70-27-10-21-53)39(30-36)38-28-34(11-17-42(38)69-26-9-20-52)29-41(48(64)56-24-23-55)61-47(63)33(4)59-50(45)66/h11-18,28,30,33,40-41,45H,6-10,19-22,24-27,29,52-54H2,1-5H3,(H,56,64)(H,59,66)(H,60,65)(H,61,63). The number of unbranched alkanes of at least 4 members (excludes halogenated alkanes) is 2. The van der Waals surface area contributed by atoms with Crippen LogP contribution in [0.15, 0.2) is 60.7 Å². The predicted octanol–water partition coefficient (Wildman–Crippen LogP) is 3.28. The number of hydrogen-bond acceptors (Lipinski definition) is 14. The lowest BCUT2D eigenvalue weighted by atomic mass is 9.93. The first-order valence-corrected chi connectivity index (χ1v) is 23.8. The van der Waals surface area contributed by atoms with E-state index in [1.54, 1.807) is 50.2 Å². The zero-order valence-electron chi connectivity index (χ0n) is 40.8. The molecule has 19 nitrogen and oxygen atoms in total. The van der Waals surface area contributed by atoms with E-state index < -0.39 is 53.7 Å². The van der Waals surface area contributed by atoms with Crippen LogP contribution >= 0.6 is 0 Å². The molecule has 4 unspecified atom stereocenters. The summed E-state index contributed by atoms with van der Waals surface area (Å²) in [5.74, 6) is -1.34. The van der Waals surface area contributed by atoms with Gasteiger partial charge in [-0.05, 0) is 126 Å². The largest absolute Gasteiger partial charge is 0.494 e. The van der Waals surface area contributed by atoms with Crippen LogP contribution < -0.4 is 52.7 Å². The first-order valence-electron chi connectivity index (χ1n) is 23.8. The Morgan fingerprint density at radius 2 is 1.46 bits per heavy atom. The summed E-state index contributed by atoms with van der Waals surface area (Å²) in [7, 11) is 1.43. The maximum absolute atomic E-state index is 14.8. The molecule has 19 heteroatoms. The van der Waals surface area contributed by atoms with Crippen LogP contribution in [0.2, 0.25) is 0 Å². The number of nitrogens with one attached hydrogen (secondary N) is 4. The summed E-state index contributed by atoms with van der Waals surface area (Å²) >= 11 is 0. The zero-order chi connectivity index (χ0) is 50.7. The summed E-state index contributed by atoms with van der Waals surface area (Å²) in [6.45, 7) is 8.55. The fourth-order valence-electron chi connectivity index (χ4n) is 7.97. The molecule has 0 aliphatic carbocycles. The number of carbonyl (C=O) groups excluding carboxylic acids is 5. The van der Waals surface area contributed by atoms with Crippen molar-refractivity contribution in [2.45, 2.75) is 96.8 Å². The molecule has 4 aromatic rings. The number of nitrogens with two attached hydrogens (primary N) is 3. The number of nitriles is 1. The molecule has 1 aliphatic rings. The van der Waals surface area contributed by atoms with Gasteiger partial charge in [-0.3, -0.25) is 24.0 Å². The quantitative estimate of drug-likeness (QED) is 0.0440. The van der Waals surface area contributed by atoms with Gasteiger partial charge < -0.3 is 57.6 Å². The van der Waals surface area contributed by atoms with Crippen LogP contribution in [0.25, 0.3) is 22.5 Å². The van der Waals surface area contributed by atoms with Gasteiger partial charge in [-0.2, -0.15) is 5.26 Å². The van der Waals surface area contributed by atoms with Gasteiger partial charge in [0, 0.05) is 30.2 Å². The smallest absolute Gasteiger partial charge is 0.255 e. The normalized spacial score (nSPS) is 16.1. The minimum atomic E-state index is -1.40. The van der Waals surface area contributed by atoms with Crippen molar-refractivity contribution in [3.05, 3.63) is 88.7 Å². The fraction of sp³-hybridized carbons (Fsp3) is 0.451. The van der Waals surface area contributed by atoms with E-state index in [0.717, 1.165) is 30.6 Å². The molecule has 10 N–H and O–H groups in total. The average Bonchev–Trinajstić information content (AvgIpc) is 3.34. The Morgan fingerprint density at radius 3 is 2.07 bits per heavy atom. The molecule has 4 bridgehead atoms. The third-order valence-electron chi connectivity index (χ3n) is 11.7. The SMILES string of the molecule is CCCCCOc1ccc(-c2nc(C)c(C(=O)NC(CCN)C(=O)N(C)C3C(=O)NC(C)C(=O)NC(C(=O)NCC#N)Cc4ccc(OCCCN)c(c4)-c4cc3ccc4OCCCN)c(C)n2)cc1. The molecule has 1 aromatic heterocycles. The number of rotatable bonds is 22. The fourth-order valence-corrected chi connectivity index (χ4v) is 7.97. The number of benzene rings is 3. The molecule has 70 heavy (non-hydrogen) atoms. The highest BCUT2D eigenvalue weighted by atomic mass is 16.5. The zero-order valence-corrected chi connectivity index (χ0v) is 40.8. The third-order valence-corrected chi connectivity index (χ3v) is 11.7. The number of ether oxygens (including phenoxy) is 3. The number of aryl methyl sites for hydroxylation is 2. The van der Waals surface area contributed by atoms with Gasteiger partial charge in [-0.15, -0.1) is 0 Å². The molecule has 4 atom stereocenters. The molecular formula is C51H67N11O8. The highest BCUT2D eigenvalue weighted by molar-refractivity contribution is 6.00. The Morgan fingerprint density at radius 1 is 0.829 bits per heavy atom. The van der Waals surface area contributed by atoms with Gasteiger partial charge in [0.2, 0.25) is 23.6 Å². The minimum Gasteiger partial charge on any atom is -0.494 e. The summed E-state index contributed by atoms with van der Waals surface area (Å²) in [4.78, 5) is 81.4. The number of aromatic nitrogens is 2. The van der Waals surface area contributed by atoms with E-state index in [1.165, 1.54) is 18.9 Å². The number of hydrogen-bond donors (Lipinski definition) is 7. The number of carbonyl (C=O) groups is 5. The van der Waals surface area contributed by atoms with Crippen molar-refractivity contribution >= 4 is 29.5 Å². The Bertz CT molecular complexity index is 2470. The predicted molar refractivity (Wildman–Crippen MR) is 264 cm³/mol. The van der Waals surface area contributed by atoms with Crippen molar-refractivity contribution in [2.24, 2.45) is 17.2 Å². The Labute approximate surface area is 409 Å². The Balaban J connectivity index is 1.54. The van der Waals surface area contributed by atoms with Crippen molar-refractivity contribution in [3.8, 4) is 45.8 Å². The summed E-state index contributed by atoms with van der Waals surface area (Å²) in [5.41, 5.74) is 21.3. The summed E-state index contributed by atoms with van der Waals surface area (Å²) in [6.07, 6.45) is 4.24.